The van der Waals surface area contributed by atoms with Crippen LogP contribution in [-0.4, -0.2) is 10.6 Å². The SMILES string of the molecule is CC(C)c1c(C(=O)Nc2ccccc2)c(-c2ccccc2)c(-c2ccc(F)cc2)n1N=O. The topological polar surface area (TPSA) is 63.5 Å². The molecule has 1 N–H and O–H groups in total. The van der Waals surface area contributed by atoms with Crippen molar-refractivity contribution in [2.75, 3.05) is 5.32 Å². The third-order valence-corrected chi connectivity index (χ3v) is 5.25. The van der Waals surface area contributed by atoms with Gasteiger partial charge in [0.05, 0.1) is 22.2 Å². The highest BCUT2D eigenvalue weighted by atomic mass is 19.1. The molecule has 0 aliphatic rings. The molecule has 1 amide bonds. The standard InChI is InChI=1S/C26H22FN3O2/c1-17(2)24-23(26(31)28-21-11-7-4-8-12-21)22(18-9-5-3-6-10-18)25(30(24)29-32)19-13-15-20(27)16-14-19/h3-17H,1-2H3,(H,28,31). The summed E-state index contributed by atoms with van der Waals surface area (Å²) < 4.78 is 14.9. The summed E-state index contributed by atoms with van der Waals surface area (Å²) in [7, 11) is 0. The molecular formula is C26H22FN3O2. The van der Waals surface area contributed by atoms with E-state index in [9.17, 15) is 14.1 Å². The van der Waals surface area contributed by atoms with Crippen LogP contribution in [0.4, 0.5) is 10.1 Å². The van der Waals surface area contributed by atoms with E-state index < -0.39 is 5.82 Å². The summed E-state index contributed by atoms with van der Waals surface area (Å²) in [6.45, 7) is 3.80. The van der Waals surface area contributed by atoms with E-state index in [1.54, 1.807) is 24.3 Å². The van der Waals surface area contributed by atoms with Crippen molar-refractivity contribution >= 4 is 11.6 Å². The Hall–Kier alpha value is -4.06. The van der Waals surface area contributed by atoms with Crippen LogP contribution in [0.5, 0.6) is 0 Å². The van der Waals surface area contributed by atoms with Crippen molar-refractivity contribution in [3.63, 3.8) is 0 Å². The van der Waals surface area contributed by atoms with Gasteiger partial charge in [-0.15, -0.1) is 4.91 Å². The summed E-state index contributed by atoms with van der Waals surface area (Å²) in [5.74, 6) is -0.913. The Kier molecular flexibility index (Phi) is 5.94. The van der Waals surface area contributed by atoms with Gasteiger partial charge in [0.2, 0.25) is 0 Å². The van der Waals surface area contributed by atoms with Gasteiger partial charge in [0.25, 0.3) is 5.91 Å². The lowest BCUT2D eigenvalue weighted by molar-refractivity contribution is 0.102. The molecule has 160 valence electrons. The van der Waals surface area contributed by atoms with Gasteiger partial charge in [-0.05, 0) is 47.9 Å². The quantitative estimate of drug-likeness (QED) is 0.341. The van der Waals surface area contributed by atoms with E-state index >= 15 is 0 Å². The summed E-state index contributed by atoms with van der Waals surface area (Å²) in [5, 5.41) is 6.21. The molecule has 0 aliphatic carbocycles. The van der Waals surface area contributed by atoms with E-state index in [0.717, 1.165) is 5.56 Å². The van der Waals surface area contributed by atoms with E-state index in [2.05, 4.69) is 10.6 Å². The minimum atomic E-state index is -0.390. The van der Waals surface area contributed by atoms with Crippen molar-refractivity contribution in [2.45, 2.75) is 19.8 Å². The maximum atomic E-state index is 13.6. The number of para-hydroxylation sites is 1. The molecule has 0 atom stereocenters. The van der Waals surface area contributed by atoms with Crippen LogP contribution in [0, 0.1) is 10.7 Å². The molecule has 0 saturated carbocycles. The first-order valence-electron chi connectivity index (χ1n) is 10.3. The molecule has 5 nitrogen and oxygen atoms in total. The van der Waals surface area contributed by atoms with Crippen LogP contribution in [0.1, 0.15) is 35.8 Å². The Labute approximate surface area is 185 Å². The van der Waals surface area contributed by atoms with E-state index in [0.29, 0.717) is 33.8 Å². The lowest BCUT2D eigenvalue weighted by Crippen LogP contribution is -2.15. The van der Waals surface area contributed by atoms with Crippen LogP contribution < -0.4 is 5.32 Å². The van der Waals surface area contributed by atoms with E-state index in [-0.39, 0.29) is 11.8 Å². The van der Waals surface area contributed by atoms with Crippen LogP contribution >= 0.6 is 0 Å². The van der Waals surface area contributed by atoms with Gasteiger partial charge >= 0.3 is 0 Å². The number of nitrogens with one attached hydrogen (secondary N) is 1. The summed E-state index contributed by atoms with van der Waals surface area (Å²) in [6, 6.07) is 24.3. The fourth-order valence-corrected chi connectivity index (χ4v) is 3.90. The summed E-state index contributed by atoms with van der Waals surface area (Å²) in [4.78, 5) is 25.7. The van der Waals surface area contributed by atoms with Crippen LogP contribution in [-0.2, 0) is 0 Å². The van der Waals surface area contributed by atoms with Gasteiger partial charge in [0.15, 0.2) is 0 Å². The molecule has 6 heteroatoms. The highest BCUT2D eigenvalue weighted by Crippen LogP contribution is 2.42. The van der Waals surface area contributed by atoms with Crippen LogP contribution in [0.2, 0.25) is 0 Å². The maximum Gasteiger partial charge on any atom is 0.258 e. The smallest absolute Gasteiger partial charge is 0.258 e. The number of carbonyl (C=O) groups is 1. The minimum Gasteiger partial charge on any atom is -0.322 e. The zero-order chi connectivity index (χ0) is 22.7. The molecule has 1 aromatic heterocycles. The molecule has 0 saturated heterocycles. The number of amides is 1. The zero-order valence-electron chi connectivity index (χ0n) is 17.7. The first-order valence-corrected chi connectivity index (χ1v) is 10.3. The molecule has 0 spiro atoms. The molecule has 0 bridgehead atoms. The molecule has 0 aliphatic heterocycles. The number of carbonyl (C=O) groups excluding carboxylic acids is 1. The Bertz CT molecular complexity index is 1250. The average Bonchev–Trinajstić information content (AvgIpc) is 3.16. The third-order valence-electron chi connectivity index (χ3n) is 5.25. The number of benzene rings is 3. The minimum absolute atomic E-state index is 0.180. The number of nitrogens with zero attached hydrogens (tertiary/aromatic N) is 2. The maximum absolute atomic E-state index is 13.6. The first kappa shape index (κ1) is 21.2. The number of hydrogen-bond donors (Lipinski definition) is 1. The number of halogens is 1. The molecule has 1 heterocycles. The Morgan fingerprint density at radius 2 is 1.47 bits per heavy atom. The Morgan fingerprint density at radius 1 is 0.875 bits per heavy atom. The van der Waals surface area contributed by atoms with E-state index in [4.69, 9.17) is 0 Å². The summed E-state index contributed by atoms with van der Waals surface area (Å²) in [6.07, 6.45) is 0. The third kappa shape index (κ3) is 3.95. The molecule has 4 aromatic rings. The molecule has 32 heavy (non-hydrogen) atoms. The Balaban J connectivity index is 2.04. The molecular weight excluding hydrogens is 405 g/mol. The highest BCUT2D eigenvalue weighted by molar-refractivity contribution is 6.12. The van der Waals surface area contributed by atoms with Crippen molar-refractivity contribution in [1.82, 2.24) is 4.68 Å². The predicted octanol–water partition coefficient (Wildman–Crippen LogP) is 6.87. The second-order valence-electron chi connectivity index (χ2n) is 7.73. The fourth-order valence-electron chi connectivity index (χ4n) is 3.90. The molecule has 0 unspecified atom stereocenters. The van der Waals surface area contributed by atoms with Gasteiger partial charge < -0.3 is 5.32 Å². The van der Waals surface area contributed by atoms with Crippen LogP contribution in [0.25, 0.3) is 22.4 Å². The van der Waals surface area contributed by atoms with Crippen molar-refractivity contribution in [3.05, 3.63) is 107 Å². The summed E-state index contributed by atoms with van der Waals surface area (Å²) >= 11 is 0. The van der Waals surface area contributed by atoms with Crippen molar-refractivity contribution < 1.29 is 9.18 Å². The van der Waals surface area contributed by atoms with E-state index in [1.807, 2.05) is 62.4 Å². The van der Waals surface area contributed by atoms with Gasteiger partial charge in [-0.25, -0.2) is 4.39 Å². The number of nitroso groups, excluding NO2 is 1. The highest BCUT2D eigenvalue weighted by Gasteiger charge is 2.31. The largest absolute Gasteiger partial charge is 0.322 e. The summed E-state index contributed by atoms with van der Waals surface area (Å²) in [5.41, 5.74) is 3.88. The van der Waals surface area contributed by atoms with Crippen LogP contribution in [0.3, 0.4) is 0 Å². The molecule has 0 radical (unpaired) electrons. The van der Waals surface area contributed by atoms with Gasteiger partial charge in [-0.1, -0.05) is 62.4 Å². The van der Waals surface area contributed by atoms with Crippen molar-refractivity contribution in [2.24, 2.45) is 5.29 Å². The van der Waals surface area contributed by atoms with Crippen LogP contribution in [0.15, 0.2) is 90.2 Å². The lowest BCUT2D eigenvalue weighted by Gasteiger charge is -2.11. The predicted molar refractivity (Wildman–Crippen MR) is 125 cm³/mol. The number of rotatable bonds is 6. The van der Waals surface area contributed by atoms with Gasteiger partial charge in [-0.3, -0.25) is 4.79 Å². The average molecular weight is 427 g/mol. The first-order chi connectivity index (χ1) is 15.5. The second-order valence-corrected chi connectivity index (χ2v) is 7.73. The number of hydrogen-bond acceptors (Lipinski definition) is 3. The zero-order valence-corrected chi connectivity index (χ0v) is 17.7. The van der Waals surface area contributed by atoms with E-state index in [1.165, 1.54) is 16.8 Å². The molecule has 3 aromatic carbocycles. The van der Waals surface area contributed by atoms with Crippen molar-refractivity contribution in [3.8, 4) is 22.4 Å². The normalized spacial score (nSPS) is 10.9. The number of anilines is 1. The second kappa shape index (κ2) is 8.98. The van der Waals surface area contributed by atoms with Crippen molar-refractivity contribution in [1.29, 1.82) is 0 Å². The molecule has 0 fully saturated rings. The monoisotopic (exact) mass is 427 g/mol. The van der Waals surface area contributed by atoms with Gasteiger partial charge in [0.1, 0.15) is 5.82 Å². The Morgan fingerprint density at radius 3 is 2.03 bits per heavy atom. The fraction of sp³-hybridized carbons (Fsp3) is 0.115. The van der Waals surface area contributed by atoms with Gasteiger partial charge in [-0.2, -0.15) is 4.68 Å². The number of aromatic nitrogens is 1. The lowest BCUT2D eigenvalue weighted by atomic mass is 9.94. The van der Waals surface area contributed by atoms with Gasteiger partial charge in [0, 0.05) is 16.8 Å². The molecule has 4 rings (SSSR count).